The molecule has 0 atom stereocenters. The summed E-state index contributed by atoms with van der Waals surface area (Å²) >= 11 is 0.752. The first-order valence-electron chi connectivity index (χ1n) is 9.41. The first-order valence-corrected chi connectivity index (χ1v) is 10.2. The number of nitrogens with zero attached hydrogens (tertiary/aromatic N) is 3. The molecule has 9 heteroatoms. The van der Waals surface area contributed by atoms with E-state index in [2.05, 4.69) is 10.4 Å². The highest BCUT2D eigenvalue weighted by Gasteiger charge is 2.34. The lowest BCUT2D eigenvalue weighted by Crippen LogP contribution is -2.37. The predicted molar refractivity (Wildman–Crippen MR) is 115 cm³/mol. The molecule has 4 rings (SSSR count). The third-order valence-electron chi connectivity index (χ3n) is 4.58. The molecule has 0 spiro atoms. The van der Waals surface area contributed by atoms with E-state index in [1.807, 2.05) is 0 Å². The van der Waals surface area contributed by atoms with Crippen molar-refractivity contribution in [2.45, 2.75) is 0 Å². The second kappa shape index (κ2) is 8.97. The number of hydrogen-bond acceptors (Lipinski definition) is 5. The van der Waals surface area contributed by atoms with E-state index >= 15 is 0 Å². The molecule has 2 heterocycles. The van der Waals surface area contributed by atoms with E-state index in [0.29, 0.717) is 5.56 Å². The smallest absolute Gasteiger partial charge is 0.293 e. The molecule has 1 fully saturated rings. The molecule has 1 N–H and O–H groups in total. The molecule has 0 unspecified atom stereocenters. The number of aromatic nitrogens is 2. The lowest BCUT2D eigenvalue weighted by atomic mass is 10.2. The van der Waals surface area contributed by atoms with Gasteiger partial charge >= 0.3 is 0 Å². The Morgan fingerprint density at radius 1 is 1.10 bits per heavy atom. The van der Waals surface area contributed by atoms with Crippen LogP contribution >= 0.6 is 11.8 Å². The summed E-state index contributed by atoms with van der Waals surface area (Å²) in [5, 5.41) is 6.37. The summed E-state index contributed by atoms with van der Waals surface area (Å²) in [6.45, 7) is 0.126. The fourth-order valence-electron chi connectivity index (χ4n) is 3.00. The van der Waals surface area contributed by atoms with Crippen LogP contribution in [-0.2, 0) is 4.79 Å². The first kappa shape index (κ1) is 20.5. The maximum Gasteiger partial charge on any atom is 0.293 e. The van der Waals surface area contributed by atoms with Crippen molar-refractivity contribution in [2.75, 3.05) is 13.1 Å². The van der Waals surface area contributed by atoms with Crippen molar-refractivity contribution in [2.24, 2.45) is 0 Å². The Hall–Kier alpha value is -3.72. The third-order valence-corrected chi connectivity index (χ3v) is 5.49. The highest BCUT2D eigenvalue weighted by atomic mass is 32.2. The van der Waals surface area contributed by atoms with Crippen molar-refractivity contribution in [1.82, 2.24) is 20.0 Å². The minimum atomic E-state index is -0.504. The number of imide groups is 1. The predicted octanol–water partition coefficient (Wildman–Crippen LogP) is 3.48. The van der Waals surface area contributed by atoms with Gasteiger partial charge in [0, 0.05) is 36.6 Å². The van der Waals surface area contributed by atoms with Gasteiger partial charge in [-0.1, -0.05) is 18.2 Å². The first-order chi connectivity index (χ1) is 15.0. The largest absolute Gasteiger partial charge is 0.350 e. The lowest BCUT2D eigenvalue weighted by Gasteiger charge is -2.13. The average molecular weight is 436 g/mol. The number of halogens is 1. The van der Waals surface area contributed by atoms with Crippen LogP contribution in [0, 0.1) is 5.82 Å². The van der Waals surface area contributed by atoms with Crippen molar-refractivity contribution in [3.8, 4) is 5.69 Å². The van der Waals surface area contributed by atoms with Gasteiger partial charge in [-0.2, -0.15) is 5.10 Å². The van der Waals surface area contributed by atoms with Gasteiger partial charge in [0.2, 0.25) is 0 Å². The van der Waals surface area contributed by atoms with Gasteiger partial charge in [0.05, 0.1) is 10.6 Å². The summed E-state index contributed by atoms with van der Waals surface area (Å²) < 4.78 is 15.5. The number of thioether (sulfide) groups is 1. The monoisotopic (exact) mass is 436 g/mol. The number of amides is 3. The Morgan fingerprint density at radius 2 is 1.87 bits per heavy atom. The van der Waals surface area contributed by atoms with Gasteiger partial charge in [-0.05, 0) is 54.2 Å². The molecular weight excluding hydrogens is 419 g/mol. The van der Waals surface area contributed by atoms with Crippen LogP contribution in [0.2, 0.25) is 0 Å². The molecule has 7 nitrogen and oxygen atoms in total. The van der Waals surface area contributed by atoms with Gasteiger partial charge in [-0.3, -0.25) is 19.3 Å². The van der Waals surface area contributed by atoms with Crippen LogP contribution in [0.15, 0.2) is 71.9 Å². The number of nitrogens with one attached hydrogen (secondary N) is 1. The van der Waals surface area contributed by atoms with Crippen LogP contribution in [-0.4, -0.2) is 44.8 Å². The molecule has 3 aromatic rings. The van der Waals surface area contributed by atoms with E-state index in [-0.39, 0.29) is 29.5 Å². The molecule has 1 aromatic heterocycles. The maximum absolute atomic E-state index is 13.8. The van der Waals surface area contributed by atoms with Crippen LogP contribution in [0.4, 0.5) is 9.18 Å². The van der Waals surface area contributed by atoms with Crippen molar-refractivity contribution < 1.29 is 18.8 Å². The van der Waals surface area contributed by atoms with Crippen molar-refractivity contribution in [3.05, 3.63) is 88.8 Å². The van der Waals surface area contributed by atoms with Crippen molar-refractivity contribution in [1.29, 1.82) is 0 Å². The van der Waals surface area contributed by atoms with Crippen LogP contribution in [0.25, 0.3) is 11.8 Å². The zero-order chi connectivity index (χ0) is 21.8. The summed E-state index contributed by atoms with van der Waals surface area (Å²) in [5.74, 6) is -1.29. The van der Waals surface area contributed by atoms with Crippen LogP contribution < -0.4 is 5.32 Å². The van der Waals surface area contributed by atoms with Crippen molar-refractivity contribution in [3.63, 3.8) is 0 Å². The number of carbonyl (C=O) groups is 3. The Morgan fingerprint density at radius 3 is 2.58 bits per heavy atom. The Kier molecular flexibility index (Phi) is 5.94. The molecule has 0 radical (unpaired) electrons. The summed E-state index contributed by atoms with van der Waals surface area (Å²) in [5.41, 5.74) is 1.50. The molecule has 2 aromatic carbocycles. The molecule has 156 valence electrons. The standard InChI is InChI=1S/C22H17FN4O3S/c23-18-5-2-1-4-16(18)14-19-21(29)26(22(30)31-19)13-11-24-20(28)15-6-8-17(9-7-15)27-12-3-10-25-27/h1-10,12,14H,11,13H2,(H,24,28)/b19-14-. The second-order valence-corrected chi connectivity index (χ2v) is 7.60. The summed E-state index contributed by atoms with van der Waals surface area (Å²) in [7, 11) is 0. The highest BCUT2D eigenvalue weighted by molar-refractivity contribution is 8.18. The minimum Gasteiger partial charge on any atom is -0.350 e. The maximum atomic E-state index is 13.8. The van der Waals surface area contributed by atoms with E-state index in [9.17, 15) is 18.8 Å². The molecule has 3 amide bonds. The molecule has 0 bridgehead atoms. The summed E-state index contributed by atoms with van der Waals surface area (Å²) in [6, 6.07) is 14.7. The van der Waals surface area contributed by atoms with E-state index in [1.54, 1.807) is 59.5 Å². The number of rotatable bonds is 6. The average Bonchev–Trinajstić information content (AvgIpc) is 3.40. The normalized spacial score (nSPS) is 15.0. The SMILES string of the molecule is O=C(NCCN1C(=O)S/C(=C\c2ccccc2F)C1=O)c1ccc(-n2cccn2)cc1. The van der Waals surface area contributed by atoms with Crippen LogP contribution in [0.3, 0.4) is 0 Å². The number of carbonyl (C=O) groups excluding carboxylic acids is 3. The minimum absolute atomic E-state index is 0.0242. The summed E-state index contributed by atoms with van der Waals surface area (Å²) in [4.78, 5) is 38.2. The molecule has 0 aliphatic carbocycles. The summed E-state index contributed by atoms with van der Waals surface area (Å²) in [6.07, 6.45) is 4.82. The van der Waals surface area contributed by atoms with Crippen LogP contribution in [0.5, 0.6) is 0 Å². The van der Waals surface area contributed by atoms with E-state index < -0.39 is 17.0 Å². The van der Waals surface area contributed by atoms with E-state index in [1.165, 1.54) is 18.2 Å². The van der Waals surface area contributed by atoms with Gasteiger partial charge in [0.1, 0.15) is 5.82 Å². The Bertz CT molecular complexity index is 1160. The topological polar surface area (TPSA) is 84.3 Å². The Balaban J connectivity index is 1.34. The van der Waals surface area contributed by atoms with Gasteiger partial charge in [0.25, 0.3) is 17.1 Å². The van der Waals surface area contributed by atoms with Crippen LogP contribution in [0.1, 0.15) is 15.9 Å². The fraction of sp³-hybridized carbons (Fsp3) is 0.0909. The molecule has 1 aliphatic rings. The van der Waals surface area contributed by atoms with E-state index in [0.717, 1.165) is 22.3 Å². The van der Waals surface area contributed by atoms with Gasteiger partial charge in [-0.25, -0.2) is 9.07 Å². The number of hydrogen-bond donors (Lipinski definition) is 1. The van der Waals surface area contributed by atoms with E-state index in [4.69, 9.17) is 0 Å². The zero-order valence-electron chi connectivity index (χ0n) is 16.2. The molecule has 31 heavy (non-hydrogen) atoms. The lowest BCUT2D eigenvalue weighted by molar-refractivity contribution is -0.122. The van der Waals surface area contributed by atoms with Gasteiger partial charge in [-0.15, -0.1) is 0 Å². The van der Waals surface area contributed by atoms with Gasteiger partial charge < -0.3 is 5.32 Å². The van der Waals surface area contributed by atoms with Gasteiger partial charge in [0.15, 0.2) is 0 Å². The zero-order valence-corrected chi connectivity index (χ0v) is 17.0. The van der Waals surface area contributed by atoms with Crippen molar-refractivity contribution >= 4 is 34.9 Å². The number of benzene rings is 2. The fourth-order valence-corrected chi connectivity index (χ4v) is 3.85. The molecular formula is C22H17FN4O3S. The quantitative estimate of drug-likeness (QED) is 0.598. The second-order valence-electron chi connectivity index (χ2n) is 6.61. The third kappa shape index (κ3) is 4.56. The Labute approximate surface area is 181 Å². The molecule has 1 aliphatic heterocycles. The molecule has 0 saturated carbocycles. The molecule has 1 saturated heterocycles. The highest BCUT2D eigenvalue weighted by Crippen LogP contribution is 2.32.